The maximum atomic E-state index is 6.37. The van der Waals surface area contributed by atoms with E-state index in [2.05, 4.69) is 61.2 Å². The zero-order valence-corrected chi connectivity index (χ0v) is 12.1. The van der Waals surface area contributed by atoms with Gasteiger partial charge in [-0.25, -0.2) is 0 Å². The zero-order valence-electron chi connectivity index (χ0n) is 11.3. The molecule has 0 fully saturated rings. The minimum Gasteiger partial charge on any atom is -0.324 e. The first kappa shape index (κ1) is 14.6. The fraction of sp³-hybridized carbons (Fsp3) is 0.111. The Labute approximate surface area is 125 Å². The Morgan fingerprint density at radius 3 is 1.95 bits per heavy atom. The van der Waals surface area contributed by atoms with Gasteiger partial charge in [0.1, 0.15) is 0 Å². The van der Waals surface area contributed by atoms with Crippen LogP contribution in [0.25, 0.3) is 21.5 Å². The molecule has 20 heavy (non-hydrogen) atoms. The van der Waals surface area contributed by atoms with Gasteiger partial charge in [0.15, 0.2) is 0 Å². The highest BCUT2D eigenvalue weighted by molar-refractivity contribution is 6.02. The third kappa shape index (κ3) is 2.43. The van der Waals surface area contributed by atoms with E-state index in [4.69, 9.17) is 5.73 Å². The highest BCUT2D eigenvalue weighted by atomic mass is 35.5. The normalized spacial score (nSPS) is 12.1. The van der Waals surface area contributed by atoms with Gasteiger partial charge in [-0.1, -0.05) is 54.6 Å². The van der Waals surface area contributed by atoms with Gasteiger partial charge < -0.3 is 5.73 Å². The molecule has 0 unspecified atom stereocenters. The minimum absolute atomic E-state index is 0. The SMILES string of the molecule is C=CC[C@@H](N)c1c2ccccc2cc2ccccc12.Cl. The minimum atomic E-state index is -0.00602. The second-order valence-corrected chi connectivity index (χ2v) is 4.86. The van der Waals surface area contributed by atoms with Crippen LogP contribution in [0, 0.1) is 0 Å². The highest BCUT2D eigenvalue weighted by Gasteiger charge is 2.12. The molecule has 0 spiro atoms. The van der Waals surface area contributed by atoms with E-state index in [1.54, 1.807) is 0 Å². The predicted molar refractivity (Wildman–Crippen MR) is 90.4 cm³/mol. The molecule has 2 N–H and O–H groups in total. The highest BCUT2D eigenvalue weighted by Crippen LogP contribution is 2.33. The average molecular weight is 284 g/mol. The number of hydrogen-bond donors (Lipinski definition) is 1. The van der Waals surface area contributed by atoms with Crippen LogP contribution < -0.4 is 5.73 Å². The number of benzene rings is 3. The second kappa shape index (κ2) is 6.08. The van der Waals surface area contributed by atoms with Crippen molar-refractivity contribution in [3.8, 4) is 0 Å². The van der Waals surface area contributed by atoms with E-state index in [1.165, 1.54) is 27.1 Å². The van der Waals surface area contributed by atoms with Crippen LogP contribution in [0.15, 0.2) is 67.3 Å². The molecule has 1 atom stereocenters. The van der Waals surface area contributed by atoms with Crippen LogP contribution in [0.5, 0.6) is 0 Å². The lowest BCUT2D eigenvalue weighted by Gasteiger charge is -2.16. The van der Waals surface area contributed by atoms with Gasteiger partial charge >= 0.3 is 0 Å². The Morgan fingerprint density at radius 1 is 0.950 bits per heavy atom. The molecule has 2 heteroatoms. The van der Waals surface area contributed by atoms with E-state index < -0.39 is 0 Å². The Morgan fingerprint density at radius 2 is 1.45 bits per heavy atom. The molecule has 0 saturated heterocycles. The van der Waals surface area contributed by atoms with Crippen LogP contribution in [0.1, 0.15) is 18.0 Å². The number of rotatable bonds is 3. The van der Waals surface area contributed by atoms with Crippen molar-refractivity contribution in [3.05, 3.63) is 72.8 Å². The summed E-state index contributed by atoms with van der Waals surface area (Å²) in [5.74, 6) is 0. The molecule has 0 aliphatic carbocycles. The summed E-state index contributed by atoms with van der Waals surface area (Å²) < 4.78 is 0. The predicted octanol–water partition coefficient (Wildman–Crippen LogP) is 4.99. The molecule has 1 nitrogen and oxygen atoms in total. The van der Waals surface area contributed by atoms with E-state index in [-0.39, 0.29) is 18.4 Å². The van der Waals surface area contributed by atoms with Crippen molar-refractivity contribution in [2.75, 3.05) is 0 Å². The van der Waals surface area contributed by atoms with Crippen molar-refractivity contribution >= 4 is 34.0 Å². The van der Waals surface area contributed by atoms with Gasteiger partial charge in [-0.05, 0) is 39.6 Å². The van der Waals surface area contributed by atoms with Crippen LogP contribution in [0.3, 0.4) is 0 Å². The van der Waals surface area contributed by atoms with Crippen molar-refractivity contribution < 1.29 is 0 Å². The van der Waals surface area contributed by atoms with Crippen molar-refractivity contribution in [1.82, 2.24) is 0 Å². The topological polar surface area (TPSA) is 26.0 Å². The molecule has 0 saturated carbocycles. The van der Waals surface area contributed by atoms with Gasteiger partial charge in [0.05, 0.1) is 0 Å². The van der Waals surface area contributed by atoms with Crippen molar-refractivity contribution in [3.63, 3.8) is 0 Å². The quantitative estimate of drug-likeness (QED) is 0.532. The van der Waals surface area contributed by atoms with E-state index in [0.717, 1.165) is 6.42 Å². The second-order valence-electron chi connectivity index (χ2n) is 4.86. The molecule has 0 aliphatic heterocycles. The Bertz CT molecular complexity index is 695. The molecule has 0 bridgehead atoms. The van der Waals surface area contributed by atoms with E-state index in [0.29, 0.717) is 0 Å². The largest absolute Gasteiger partial charge is 0.324 e. The molecule has 102 valence electrons. The number of hydrogen-bond acceptors (Lipinski definition) is 1. The summed E-state index contributed by atoms with van der Waals surface area (Å²) in [4.78, 5) is 0. The monoisotopic (exact) mass is 283 g/mol. The lowest BCUT2D eigenvalue weighted by molar-refractivity contribution is 0.755. The smallest absolute Gasteiger partial charge is 0.0342 e. The van der Waals surface area contributed by atoms with E-state index >= 15 is 0 Å². The molecular formula is C18H18ClN. The lowest BCUT2D eigenvalue weighted by atomic mass is 9.91. The zero-order chi connectivity index (χ0) is 13.2. The van der Waals surface area contributed by atoms with Crippen molar-refractivity contribution in [2.45, 2.75) is 12.5 Å². The summed E-state index contributed by atoms with van der Waals surface area (Å²) in [5, 5.41) is 4.98. The summed E-state index contributed by atoms with van der Waals surface area (Å²) >= 11 is 0. The van der Waals surface area contributed by atoms with Crippen LogP contribution in [-0.4, -0.2) is 0 Å². The number of fused-ring (bicyclic) bond motifs is 2. The third-order valence-corrected chi connectivity index (χ3v) is 3.60. The fourth-order valence-corrected chi connectivity index (χ4v) is 2.75. The van der Waals surface area contributed by atoms with Gasteiger partial charge in [-0.3, -0.25) is 0 Å². The molecule has 0 radical (unpaired) electrons. The molecule has 0 aromatic heterocycles. The molecule has 3 aromatic rings. The summed E-state index contributed by atoms with van der Waals surface area (Å²) in [6, 6.07) is 19.1. The van der Waals surface area contributed by atoms with Gasteiger partial charge in [0, 0.05) is 6.04 Å². The fourth-order valence-electron chi connectivity index (χ4n) is 2.75. The molecule has 0 heterocycles. The summed E-state index contributed by atoms with van der Waals surface area (Å²) in [6.45, 7) is 3.81. The maximum absolute atomic E-state index is 6.37. The van der Waals surface area contributed by atoms with Crippen LogP contribution in [0.2, 0.25) is 0 Å². The number of nitrogens with two attached hydrogens (primary N) is 1. The van der Waals surface area contributed by atoms with E-state index in [1.807, 2.05) is 6.08 Å². The maximum Gasteiger partial charge on any atom is 0.0342 e. The summed E-state index contributed by atoms with van der Waals surface area (Å²) in [5.41, 5.74) is 7.60. The van der Waals surface area contributed by atoms with Gasteiger partial charge in [0.25, 0.3) is 0 Å². The van der Waals surface area contributed by atoms with Crippen LogP contribution >= 0.6 is 12.4 Å². The first-order valence-electron chi connectivity index (χ1n) is 6.58. The third-order valence-electron chi connectivity index (χ3n) is 3.60. The van der Waals surface area contributed by atoms with Crippen LogP contribution in [0.4, 0.5) is 0 Å². The van der Waals surface area contributed by atoms with Crippen molar-refractivity contribution in [1.29, 1.82) is 0 Å². The van der Waals surface area contributed by atoms with E-state index in [9.17, 15) is 0 Å². The molecule has 0 amide bonds. The number of halogens is 1. The average Bonchev–Trinajstić information content (AvgIpc) is 2.44. The Hall–Kier alpha value is -1.83. The Kier molecular flexibility index (Phi) is 4.43. The van der Waals surface area contributed by atoms with Gasteiger partial charge in [0.2, 0.25) is 0 Å². The summed E-state index contributed by atoms with van der Waals surface area (Å²) in [7, 11) is 0. The van der Waals surface area contributed by atoms with Gasteiger partial charge in [-0.2, -0.15) is 0 Å². The van der Waals surface area contributed by atoms with Crippen LogP contribution in [-0.2, 0) is 0 Å². The lowest BCUT2D eigenvalue weighted by Crippen LogP contribution is -2.10. The standard InChI is InChI=1S/C18H17N.ClH/c1-2-7-17(19)18-15-10-5-3-8-13(15)12-14-9-4-6-11-16(14)18;/h2-6,8-12,17H,1,7,19H2;1H/t17-;/m1./s1. The molecule has 0 aliphatic rings. The molecule has 3 aromatic carbocycles. The summed E-state index contributed by atoms with van der Waals surface area (Å²) in [6.07, 6.45) is 2.68. The van der Waals surface area contributed by atoms with Gasteiger partial charge in [-0.15, -0.1) is 19.0 Å². The van der Waals surface area contributed by atoms with Crippen molar-refractivity contribution in [2.24, 2.45) is 5.73 Å². The first-order valence-corrected chi connectivity index (χ1v) is 6.58. The molecule has 3 rings (SSSR count). The Balaban J connectivity index is 0.00000147. The molecular weight excluding hydrogens is 266 g/mol. The first-order chi connectivity index (χ1) is 9.31.